The molecular formula is C28H30N4O2. The monoisotopic (exact) mass is 454 g/mol. The Morgan fingerprint density at radius 1 is 0.971 bits per heavy atom. The third-order valence-electron chi connectivity index (χ3n) is 6.11. The quantitative estimate of drug-likeness (QED) is 0.417. The number of carbonyl (C=O) groups excluding carboxylic acids is 1. The summed E-state index contributed by atoms with van der Waals surface area (Å²) >= 11 is 0. The molecule has 3 aromatic carbocycles. The van der Waals surface area contributed by atoms with E-state index in [4.69, 9.17) is 4.98 Å². The summed E-state index contributed by atoms with van der Waals surface area (Å²) in [7, 11) is 0. The standard InChI is InChI=1S/C28H30N4O2/c1-4-31(5-2)28-30-25-18-22(26(33)29-19-20(3)21-12-8-6-9-13-21)16-17-24(25)27(34)32(28)23-14-10-7-11-15-23/h6-18,20H,4-5,19H2,1-3H3,(H,29,33)/t20-/m0/s1. The molecule has 4 rings (SSSR count). The van der Waals surface area contributed by atoms with E-state index in [1.807, 2.05) is 67.3 Å². The van der Waals surface area contributed by atoms with Gasteiger partial charge in [0.25, 0.3) is 11.5 Å². The summed E-state index contributed by atoms with van der Waals surface area (Å²) in [5, 5.41) is 3.49. The number of hydrogen-bond donors (Lipinski definition) is 1. The van der Waals surface area contributed by atoms with Crippen LogP contribution in [-0.2, 0) is 0 Å². The Morgan fingerprint density at radius 2 is 1.62 bits per heavy atom. The molecule has 34 heavy (non-hydrogen) atoms. The molecule has 0 saturated carbocycles. The van der Waals surface area contributed by atoms with E-state index < -0.39 is 0 Å². The third kappa shape index (κ3) is 4.71. The van der Waals surface area contributed by atoms with Crippen molar-refractivity contribution in [2.75, 3.05) is 24.5 Å². The van der Waals surface area contributed by atoms with Crippen molar-refractivity contribution in [1.29, 1.82) is 0 Å². The topological polar surface area (TPSA) is 67.2 Å². The fourth-order valence-corrected chi connectivity index (χ4v) is 4.09. The Morgan fingerprint density at radius 3 is 2.26 bits per heavy atom. The van der Waals surface area contributed by atoms with Crippen molar-refractivity contribution in [1.82, 2.24) is 14.9 Å². The van der Waals surface area contributed by atoms with Crippen molar-refractivity contribution in [3.8, 4) is 5.69 Å². The van der Waals surface area contributed by atoms with Gasteiger partial charge in [-0.25, -0.2) is 9.55 Å². The number of hydrogen-bond acceptors (Lipinski definition) is 4. The van der Waals surface area contributed by atoms with E-state index >= 15 is 0 Å². The minimum absolute atomic E-state index is 0.150. The number of amides is 1. The van der Waals surface area contributed by atoms with Gasteiger partial charge in [-0.15, -0.1) is 0 Å². The number of carbonyl (C=O) groups is 1. The van der Waals surface area contributed by atoms with Crippen molar-refractivity contribution in [2.24, 2.45) is 0 Å². The Bertz CT molecular complexity index is 1330. The second-order valence-corrected chi connectivity index (χ2v) is 8.31. The lowest BCUT2D eigenvalue weighted by atomic mass is 10.0. The average Bonchev–Trinajstić information content (AvgIpc) is 2.88. The summed E-state index contributed by atoms with van der Waals surface area (Å²) in [6.45, 7) is 8.09. The van der Waals surface area contributed by atoms with Crippen LogP contribution < -0.4 is 15.8 Å². The first-order valence-corrected chi connectivity index (χ1v) is 11.7. The van der Waals surface area contributed by atoms with E-state index in [1.54, 1.807) is 22.8 Å². The molecule has 6 heteroatoms. The zero-order valence-corrected chi connectivity index (χ0v) is 19.9. The summed E-state index contributed by atoms with van der Waals surface area (Å²) in [4.78, 5) is 33.3. The number of aromatic nitrogens is 2. The minimum atomic E-state index is -0.178. The minimum Gasteiger partial charge on any atom is -0.351 e. The zero-order chi connectivity index (χ0) is 24.1. The Kier molecular flexibility index (Phi) is 7.07. The lowest BCUT2D eigenvalue weighted by Crippen LogP contribution is -2.32. The summed E-state index contributed by atoms with van der Waals surface area (Å²) in [6.07, 6.45) is 0. The molecule has 0 spiro atoms. The number of benzene rings is 3. The second-order valence-electron chi connectivity index (χ2n) is 8.31. The van der Waals surface area contributed by atoms with Crippen LogP contribution in [-0.4, -0.2) is 35.1 Å². The highest BCUT2D eigenvalue weighted by molar-refractivity contribution is 5.97. The van der Waals surface area contributed by atoms with Crippen LogP contribution in [0.25, 0.3) is 16.6 Å². The molecule has 0 saturated heterocycles. The maximum atomic E-state index is 13.5. The third-order valence-corrected chi connectivity index (χ3v) is 6.11. The summed E-state index contributed by atoms with van der Waals surface area (Å²) < 4.78 is 1.65. The van der Waals surface area contributed by atoms with E-state index in [0.29, 0.717) is 42.0 Å². The highest BCUT2D eigenvalue weighted by Gasteiger charge is 2.18. The molecular weight excluding hydrogens is 424 g/mol. The van der Waals surface area contributed by atoms with Crippen molar-refractivity contribution < 1.29 is 4.79 Å². The zero-order valence-electron chi connectivity index (χ0n) is 19.9. The Hall–Kier alpha value is -3.93. The molecule has 0 aliphatic heterocycles. The normalized spacial score (nSPS) is 11.9. The molecule has 0 fully saturated rings. The Balaban J connectivity index is 1.69. The van der Waals surface area contributed by atoms with E-state index in [0.717, 1.165) is 5.69 Å². The number of fused-ring (bicyclic) bond motifs is 1. The van der Waals surface area contributed by atoms with Crippen LogP contribution in [0.1, 0.15) is 42.6 Å². The van der Waals surface area contributed by atoms with Gasteiger partial charge in [0.1, 0.15) is 0 Å². The molecule has 1 aromatic heterocycles. The van der Waals surface area contributed by atoms with Gasteiger partial charge in [0, 0.05) is 25.2 Å². The maximum absolute atomic E-state index is 13.5. The van der Waals surface area contributed by atoms with Gasteiger partial charge in [-0.05, 0) is 55.7 Å². The lowest BCUT2D eigenvalue weighted by molar-refractivity contribution is 0.0951. The second kappa shape index (κ2) is 10.3. The van der Waals surface area contributed by atoms with Gasteiger partial charge in [0.15, 0.2) is 0 Å². The molecule has 0 unspecified atom stereocenters. The number of nitrogens with one attached hydrogen (secondary N) is 1. The molecule has 1 atom stereocenters. The molecule has 1 heterocycles. The largest absolute Gasteiger partial charge is 0.351 e. The molecule has 174 valence electrons. The highest BCUT2D eigenvalue weighted by Crippen LogP contribution is 2.21. The SMILES string of the molecule is CCN(CC)c1nc2cc(C(=O)NC[C@H](C)c3ccccc3)ccc2c(=O)n1-c1ccccc1. The lowest BCUT2D eigenvalue weighted by Gasteiger charge is -2.24. The number of nitrogens with zero attached hydrogens (tertiary/aromatic N) is 3. The summed E-state index contributed by atoms with van der Waals surface area (Å²) in [5.41, 5.74) is 2.79. The van der Waals surface area contributed by atoms with Crippen molar-refractivity contribution in [3.63, 3.8) is 0 Å². The van der Waals surface area contributed by atoms with Crippen LogP contribution in [0.15, 0.2) is 83.7 Å². The van der Waals surface area contributed by atoms with E-state index in [2.05, 4.69) is 24.4 Å². The first kappa shape index (κ1) is 23.2. The first-order chi connectivity index (χ1) is 16.5. The van der Waals surface area contributed by atoms with Crippen LogP contribution in [0.2, 0.25) is 0 Å². The molecule has 4 aromatic rings. The van der Waals surface area contributed by atoms with E-state index in [-0.39, 0.29) is 17.4 Å². The van der Waals surface area contributed by atoms with Gasteiger partial charge in [0.2, 0.25) is 5.95 Å². The van der Waals surface area contributed by atoms with Crippen molar-refractivity contribution >= 4 is 22.8 Å². The van der Waals surface area contributed by atoms with Crippen molar-refractivity contribution in [3.05, 3.63) is 100 Å². The maximum Gasteiger partial charge on any atom is 0.267 e. The number of anilines is 1. The Labute approximate surface area is 199 Å². The van der Waals surface area contributed by atoms with Crippen LogP contribution in [0.4, 0.5) is 5.95 Å². The highest BCUT2D eigenvalue weighted by atomic mass is 16.1. The average molecular weight is 455 g/mol. The van der Waals surface area contributed by atoms with Gasteiger partial charge in [-0.2, -0.15) is 0 Å². The number of para-hydroxylation sites is 1. The van der Waals surface area contributed by atoms with Gasteiger partial charge in [-0.3, -0.25) is 9.59 Å². The molecule has 6 nitrogen and oxygen atoms in total. The van der Waals surface area contributed by atoms with Crippen LogP contribution in [0.3, 0.4) is 0 Å². The van der Waals surface area contributed by atoms with Gasteiger partial charge < -0.3 is 10.2 Å². The molecule has 1 amide bonds. The van der Waals surface area contributed by atoms with Gasteiger partial charge >= 0.3 is 0 Å². The molecule has 0 aliphatic rings. The van der Waals surface area contributed by atoms with Gasteiger partial charge in [0.05, 0.1) is 16.6 Å². The number of rotatable bonds is 8. The van der Waals surface area contributed by atoms with Crippen LogP contribution in [0.5, 0.6) is 0 Å². The van der Waals surface area contributed by atoms with Crippen molar-refractivity contribution in [2.45, 2.75) is 26.7 Å². The van der Waals surface area contributed by atoms with Gasteiger partial charge in [-0.1, -0.05) is 55.5 Å². The fraction of sp³-hybridized carbons (Fsp3) is 0.250. The van der Waals surface area contributed by atoms with Crippen LogP contribution >= 0.6 is 0 Å². The summed E-state index contributed by atoms with van der Waals surface area (Å²) in [5.74, 6) is 0.586. The van der Waals surface area contributed by atoms with E-state index in [1.165, 1.54) is 5.56 Å². The van der Waals surface area contributed by atoms with E-state index in [9.17, 15) is 9.59 Å². The molecule has 1 N–H and O–H groups in total. The first-order valence-electron chi connectivity index (χ1n) is 11.7. The molecule has 0 bridgehead atoms. The fourth-order valence-electron chi connectivity index (χ4n) is 4.09. The summed E-state index contributed by atoms with van der Waals surface area (Å²) in [6, 6.07) is 24.7. The predicted molar refractivity (Wildman–Crippen MR) is 138 cm³/mol. The smallest absolute Gasteiger partial charge is 0.267 e. The predicted octanol–water partition coefficient (Wildman–Crippen LogP) is 4.77. The molecule has 0 aliphatic carbocycles. The van der Waals surface area contributed by atoms with Crippen LogP contribution in [0, 0.1) is 0 Å². The molecule has 0 radical (unpaired) electrons.